The molecule has 1 nitrogen and oxygen atoms in total. The monoisotopic (exact) mass is 209 g/mol. The van der Waals surface area contributed by atoms with Crippen molar-refractivity contribution in [1.29, 1.82) is 0 Å². The Bertz CT molecular complexity index is 249. The highest BCUT2D eigenvalue weighted by Gasteiger charge is 2.04. The molecule has 0 saturated heterocycles. The van der Waals surface area contributed by atoms with Crippen molar-refractivity contribution in [1.82, 2.24) is 0 Å². The summed E-state index contributed by atoms with van der Waals surface area (Å²) in [6.45, 7) is 0. The number of hydrogen-bond donors (Lipinski definition) is 1. The van der Waals surface area contributed by atoms with Crippen LogP contribution >= 0.6 is 34.8 Å². The lowest BCUT2D eigenvalue weighted by atomic mass is 10.3. The van der Waals surface area contributed by atoms with Crippen LogP contribution in [0.3, 0.4) is 0 Å². The van der Waals surface area contributed by atoms with Crippen LogP contribution in [0.1, 0.15) is 0 Å². The first-order valence-electron chi connectivity index (χ1n) is 2.97. The lowest BCUT2D eigenvalue weighted by molar-refractivity contribution is 1.51. The summed E-state index contributed by atoms with van der Waals surface area (Å²) in [5.41, 5.74) is 0.706. The number of hydrogen-bond acceptors (Lipinski definition) is 1. The predicted molar refractivity (Wildman–Crippen MR) is 51.0 cm³/mol. The van der Waals surface area contributed by atoms with E-state index in [0.29, 0.717) is 20.8 Å². The lowest BCUT2D eigenvalue weighted by Crippen LogP contribution is -1.89. The Kier molecular flexibility index (Phi) is 2.88. The van der Waals surface area contributed by atoms with E-state index in [-0.39, 0.29) is 0 Å². The van der Waals surface area contributed by atoms with Crippen molar-refractivity contribution in [2.24, 2.45) is 0 Å². The molecule has 0 aromatic heterocycles. The minimum Gasteiger partial charge on any atom is -0.386 e. The minimum absolute atomic E-state index is 0.532. The van der Waals surface area contributed by atoms with Gasteiger partial charge in [-0.2, -0.15) is 0 Å². The van der Waals surface area contributed by atoms with E-state index in [2.05, 4.69) is 5.32 Å². The second-order valence-electron chi connectivity index (χ2n) is 1.99. The van der Waals surface area contributed by atoms with Crippen LogP contribution in [-0.2, 0) is 0 Å². The molecule has 0 amide bonds. The standard InChI is InChI=1S/C7H6Cl3N/c1-11-7-5(9)2-4(8)3-6(7)10/h2-3,11H,1H3. The zero-order valence-corrected chi connectivity index (χ0v) is 8.06. The Morgan fingerprint density at radius 2 is 1.55 bits per heavy atom. The highest BCUT2D eigenvalue weighted by atomic mass is 35.5. The first kappa shape index (κ1) is 8.98. The molecule has 0 unspecified atom stereocenters. The van der Waals surface area contributed by atoms with E-state index in [9.17, 15) is 0 Å². The first-order valence-corrected chi connectivity index (χ1v) is 4.11. The maximum atomic E-state index is 5.80. The van der Waals surface area contributed by atoms with Gasteiger partial charge in [-0.25, -0.2) is 0 Å². The van der Waals surface area contributed by atoms with E-state index < -0.39 is 0 Å². The molecule has 1 aromatic carbocycles. The van der Waals surface area contributed by atoms with Crippen molar-refractivity contribution in [3.05, 3.63) is 27.2 Å². The van der Waals surface area contributed by atoms with Crippen LogP contribution in [0.25, 0.3) is 0 Å². The Labute approximate surface area is 80.3 Å². The van der Waals surface area contributed by atoms with Gasteiger partial charge in [-0.05, 0) is 12.1 Å². The van der Waals surface area contributed by atoms with E-state index in [0.717, 1.165) is 0 Å². The zero-order valence-electron chi connectivity index (χ0n) is 5.79. The van der Waals surface area contributed by atoms with E-state index in [4.69, 9.17) is 34.8 Å². The quantitative estimate of drug-likeness (QED) is 0.745. The fourth-order valence-electron chi connectivity index (χ4n) is 0.781. The Morgan fingerprint density at radius 1 is 1.09 bits per heavy atom. The Morgan fingerprint density at radius 3 is 1.91 bits per heavy atom. The van der Waals surface area contributed by atoms with E-state index in [1.54, 1.807) is 19.2 Å². The van der Waals surface area contributed by atoms with E-state index in [1.165, 1.54) is 0 Å². The van der Waals surface area contributed by atoms with Gasteiger partial charge in [0.05, 0.1) is 15.7 Å². The van der Waals surface area contributed by atoms with Crippen LogP contribution in [0.15, 0.2) is 12.1 Å². The second kappa shape index (κ2) is 3.53. The third-order valence-electron chi connectivity index (χ3n) is 1.26. The van der Waals surface area contributed by atoms with Crippen LogP contribution in [0.2, 0.25) is 15.1 Å². The van der Waals surface area contributed by atoms with E-state index >= 15 is 0 Å². The van der Waals surface area contributed by atoms with Gasteiger partial charge in [0.1, 0.15) is 0 Å². The number of rotatable bonds is 1. The van der Waals surface area contributed by atoms with Crippen LogP contribution in [0, 0.1) is 0 Å². The predicted octanol–water partition coefficient (Wildman–Crippen LogP) is 3.69. The minimum atomic E-state index is 0.532. The summed E-state index contributed by atoms with van der Waals surface area (Å²) in [7, 11) is 1.75. The van der Waals surface area contributed by atoms with Crippen molar-refractivity contribution < 1.29 is 0 Å². The highest BCUT2D eigenvalue weighted by molar-refractivity contribution is 6.41. The van der Waals surface area contributed by atoms with Gasteiger partial charge in [-0.15, -0.1) is 0 Å². The third kappa shape index (κ3) is 1.92. The van der Waals surface area contributed by atoms with Gasteiger partial charge in [0.25, 0.3) is 0 Å². The highest BCUT2D eigenvalue weighted by Crippen LogP contribution is 2.32. The molecule has 0 aliphatic rings. The second-order valence-corrected chi connectivity index (χ2v) is 3.25. The molecule has 1 rings (SSSR count). The largest absolute Gasteiger partial charge is 0.386 e. The van der Waals surface area contributed by atoms with Crippen LogP contribution in [0.5, 0.6) is 0 Å². The van der Waals surface area contributed by atoms with Gasteiger partial charge in [0, 0.05) is 12.1 Å². The molecule has 1 N–H and O–H groups in total. The summed E-state index contributed by atoms with van der Waals surface area (Å²) in [6, 6.07) is 3.28. The maximum Gasteiger partial charge on any atom is 0.0717 e. The molecular formula is C7H6Cl3N. The fourth-order valence-corrected chi connectivity index (χ4v) is 1.79. The molecule has 1 aromatic rings. The normalized spacial score (nSPS) is 9.82. The Hall–Kier alpha value is -0.110. The van der Waals surface area contributed by atoms with Gasteiger partial charge in [0.2, 0.25) is 0 Å². The van der Waals surface area contributed by atoms with Crippen molar-refractivity contribution >= 4 is 40.5 Å². The molecular weight excluding hydrogens is 204 g/mol. The van der Waals surface area contributed by atoms with Gasteiger partial charge < -0.3 is 5.32 Å². The summed E-state index contributed by atoms with van der Waals surface area (Å²) in [6.07, 6.45) is 0. The summed E-state index contributed by atoms with van der Waals surface area (Å²) in [4.78, 5) is 0. The molecule has 0 fully saturated rings. The SMILES string of the molecule is CNc1c(Cl)cc(Cl)cc1Cl. The summed E-state index contributed by atoms with van der Waals surface area (Å²) in [5.74, 6) is 0. The van der Waals surface area contributed by atoms with Gasteiger partial charge in [-0.3, -0.25) is 0 Å². The molecule has 0 heterocycles. The number of anilines is 1. The van der Waals surface area contributed by atoms with Crippen molar-refractivity contribution in [3.63, 3.8) is 0 Å². The first-order chi connectivity index (χ1) is 5.15. The van der Waals surface area contributed by atoms with Crippen LogP contribution < -0.4 is 5.32 Å². The molecule has 0 saturated carbocycles. The number of halogens is 3. The maximum absolute atomic E-state index is 5.80. The van der Waals surface area contributed by atoms with Crippen molar-refractivity contribution in [2.75, 3.05) is 12.4 Å². The third-order valence-corrected chi connectivity index (χ3v) is 2.07. The molecule has 0 aliphatic carbocycles. The smallest absolute Gasteiger partial charge is 0.0717 e. The van der Waals surface area contributed by atoms with Crippen molar-refractivity contribution in [2.45, 2.75) is 0 Å². The zero-order chi connectivity index (χ0) is 8.43. The Balaban J connectivity index is 3.25. The topological polar surface area (TPSA) is 12.0 Å². The fraction of sp³-hybridized carbons (Fsp3) is 0.143. The number of nitrogens with one attached hydrogen (secondary N) is 1. The molecule has 60 valence electrons. The summed E-state index contributed by atoms with van der Waals surface area (Å²) in [5, 5.41) is 4.47. The van der Waals surface area contributed by atoms with Crippen molar-refractivity contribution in [3.8, 4) is 0 Å². The van der Waals surface area contributed by atoms with Crippen LogP contribution in [0.4, 0.5) is 5.69 Å². The molecule has 4 heteroatoms. The molecule has 0 radical (unpaired) electrons. The summed E-state index contributed by atoms with van der Waals surface area (Å²) < 4.78 is 0. The summed E-state index contributed by atoms with van der Waals surface area (Å²) >= 11 is 17.3. The average molecular weight is 210 g/mol. The lowest BCUT2D eigenvalue weighted by Gasteiger charge is -2.05. The molecule has 0 atom stereocenters. The van der Waals surface area contributed by atoms with Crippen LogP contribution in [-0.4, -0.2) is 7.05 Å². The van der Waals surface area contributed by atoms with Gasteiger partial charge in [0.15, 0.2) is 0 Å². The molecule has 11 heavy (non-hydrogen) atoms. The molecule has 0 aliphatic heterocycles. The van der Waals surface area contributed by atoms with E-state index in [1.807, 2.05) is 0 Å². The molecule has 0 bridgehead atoms. The molecule has 0 spiro atoms. The average Bonchev–Trinajstić information content (AvgIpc) is 1.85. The number of benzene rings is 1. The van der Waals surface area contributed by atoms with Gasteiger partial charge >= 0.3 is 0 Å². The van der Waals surface area contributed by atoms with Gasteiger partial charge in [-0.1, -0.05) is 34.8 Å².